The molecule has 0 spiro atoms. The number of hydrogen-bond acceptors (Lipinski definition) is 3. The van der Waals surface area contributed by atoms with Crippen LogP contribution in [0.1, 0.15) is 33.6 Å². The van der Waals surface area contributed by atoms with Crippen LogP contribution in [0.25, 0.3) is 0 Å². The zero-order chi connectivity index (χ0) is 18.9. The van der Waals surface area contributed by atoms with E-state index in [1.165, 1.54) is 10.4 Å². The Morgan fingerprint density at radius 2 is 1.44 bits per heavy atom. The second-order valence-corrected chi connectivity index (χ2v) is 13.0. The van der Waals surface area contributed by atoms with Crippen LogP contribution in [0, 0.1) is 0 Å². The van der Waals surface area contributed by atoms with Gasteiger partial charge in [-0.05, 0) is 28.3 Å². The van der Waals surface area contributed by atoms with Crippen LogP contribution in [0.2, 0.25) is 5.04 Å². The summed E-state index contributed by atoms with van der Waals surface area (Å²) in [4.78, 5) is 0. The first kappa shape index (κ1) is 18.9. The van der Waals surface area contributed by atoms with Gasteiger partial charge in [-0.15, -0.1) is 0 Å². The van der Waals surface area contributed by atoms with E-state index in [-0.39, 0.29) is 11.1 Å². The number of rotatable bonds is 8. The molecule has 2 aromatic carbocycles. The topological polar surface area (TPSA) is 34.3 Å². The number of epoxide rings is 2. The van der Waals surface area contributed by atoms with Crippen LogP contribution in [0.3, 0.4) is 0 Å². The summed E-state index contributed by atoms with van der Waals surface area (Å²) in [6, 6.07) is 21.6. The predicted octanol–water partition coefficient (Wildman–Crippen LogP) is 3.51. The van der Waals surface area contributed by atoms with Gasteiger partial charge in [-0.3, -0.25) is 0 Å². The van der Waals surface area contributed by atoms with Crippen molar-refractivity contribution in [3.63, 3.8) is 0 Å². The molecule has 0 aliphatic carbocycles. The molecule has 3 atom stereocenters. The molecule has 27 heavy (non-hydrogen) atoms. The van der Waals surface area contributed by atoms with Gasteiger partial charge in [0.25, 0.3) is 8.32 Å². The molecule has 0 unspecified atom stereocenters. The fraction of sp³-hybridized carbons (Fsp3) is 0.478. The summed E-state index contributed by atoms with van der Waals surface area (Å²) in [5.74, 6) is 0. The molecule has 0 amide bonds. The average molecular weight is 383 g/mol. The van der Waals surface area contributed by atoms with Crippen molar-refractivity contribution < 1.29 is 13.9 Å². The molecule has 4 heteroatoms. The van der Waals surface area contributed by atoms with Gasteiger partial charge in [0.15, 0.2) is 0 Å². The van der Waals surface area contributed by atoms with Crippen molar-refractivity contribution in [2.75, 3.05) is 13.2 Å². The minimum atomic E-state index is -2.44. The highest BCUT2D eigenvalue weighted by Gasteiger charge is 2.52. The molecule has 2 heterocycles. The van der Waals surface area contributed by atoms with Gasteiger partial charge in [0.2, 0.25) is 0 Å². The van der Waals surface area contributed by atoms with Gasteiger partial charge < -0.3 is 13.9 Å². The smallest absolute Gasteiger partial charge is 0.261 e. The van der Waals surface area contributed by atoms with E-state index in [1.807, 2.05) is 0 Å². The molecule has 4 rings (SSSR count). The monoisotopic (exact) mass is 382 g/mol. The second-order valence-electron chi connectivity index (χ2n) is 8.72. The van der Waals surface area contributed by atoms with Crippen molar-refractivity contribution in [2.45, 2.75) is 57.0 Å². The van der Waals surface area contributed by atoms with Crippen molar-refractivity contribution >= 4 is 18.7 Å². The van der Waals surface area contributed by atoms with Crippen molar-refractivity contribution in [3.05, 3.63) is 60.7 Å². The Kier molecular flexibility index (Phi) is 5.25. The number of benzene rings is 2. The molecule has 0 saturated carbocycles. The first-order chi connectivity index (χ1) is 13.0. The number of ether oxygens (including phenoxy) is 2. The Hall–Kier alpha value is -1.46. The van der Waals surface area contributed by atoms with Crippen LogP contribution >= 0.6 is 0 Å². The minimum Gasteiger partial charge on any atom is -0.405 e. The molecule has 2 aliphatic rings. The quantitative estimate of drug-likeness (QED) is 0.518. The van der Waals surface area contributed by atoms with Gasteiger partial charge in [-0.1, -0.05) is 81.4 Å². The summed E-state index contributed by atoms with van der Waals surface area (Å²) < 4.78 is 18.2. The van der Waals surface area contributed by atoms with Gasteiger partial charge in [-0.25, -0.2) is 0 Å². The standard InChI is InChI=1S/C23H30O3Si/c1-23(2,3)27(19-10-6-4-7-11-19,20-12-8-5-9-13-20)25-17-22-21(26-22)15-14-18-16-24-18/h4-13,18,21-22H,14-17H2,1-3H3/t18-,21+,22-/m1/s1. The maximum absolute atomic E-state index is 6.93. The lowest BCUT2D eigenvalue weighted by Crippen LogP contribution is -2.66. The lowest BCUT2D eigenvalue weighted by atomic mass is 10.2. The Bertz CT molecular complexity index is 698. The van der Waals surface area contributed by atoms with Crippen LogP contribution in [0.5, 0.6) is 0 Å². The van der Waals surface area contributed by atoms with Crippen molar-refractivity contribution in [1.82, 2.24) is 0 Å². The molecule has 0 radical (unpaired) electrons. The lowest BCUT2D eigenvalue weighted by molar-refractivity contribution is 0.247. The highest BCUT2D eigenvalue weighted by Crippen LogP contribution is 2.38. The largest absolute Gasteiger partial charge is 0.405 e. The molecule has 3 nitrogen and oxygen atoms in total. The maximum Gasteiger partial charge on any atom is 0.261 e. The van der Waals surface area contributed by atoms with E-state index >= 15 is 0 Å². The molecule has 2 aromatic rings. The van der Waals surface area contributed by atoms with Crippen molar-refractivity contribution in [2.24, 2.45) is 0 Å². The molecule has 0 N–H and O–H groups in total. The van der Waals surface area contributed by atoms with Crippen LogP contribution in [-0.2, 0) is 13.9 Å². The Morgan fingerprint density at radius 1 is 0.889 bits per heavy atom. The zero-order valence-corrected chi connectivity index (χ0v) is 17.6. The van der Waals surface area contributed by atoms with Gasteiger partial charge in [0.05, 0.1) is 25.4 Å². The van der Waals surface area contributed by atoms with E-state index in [9.17, 15) is 0 Å². The maximum atomic E-state index is 6.93. The molecular weight excluding hydrogens is 352 g/mol. The molecule has 2 aliphatic heterocycles. The van der Waals surface area contributed by atoms with E-state index in [4.69, 9.17) is 13.9 Å². The summed E-state index contributed by atoms with van der Waals surface area (Å²) in [6.45, 7) is 8.54. The average Bonchev–Trinajstić information content (AvgIpc) is 3.57. The van der Waals surface area contributed by atoms with E-state index in [0.29, 0.717) is 18.8 Å². The Balaban J connectivity index is 1.58. The Morgan fingerprint density at radius 3 is 1.93 bits per heavy atom. The van der Waals surface area contributed by atoms with E-state index in [0.717, 1.165) is 19.4 Å². The Labute approximate surface area is 163 Å². The first-order valence-electron chi connectivity index (χ1n) is 10.0. The molecular formula is C23H30O3Si. The van der Waals surface area contributed by atoms with Crippen molar-refractivity contribution in [3.8, 4) is 0 Å². The third-order valence-electron chi connectivity index (χ3n) is 5.74. The molecule has 0 bridgehead atoms. The molecule has 0 aromatic heterocycles. The summed E-state index contributed by atoms with van der Waals surface area (Å²) in [5.41, 5.74) is 0. The van der Waals surface area contributed by atoms with Gasteiger partial charge in [0.1, 0.15) is 6.10 Å². The highest BCUT2D eigenvalue weighted by atomic mass is 28.4. The minimum absolute atomic E-state index is 0.0158. The zero-order valence-electron chi connectivity index (χ0n) is 16.6. The summed E-state index contributed by atoms with van der Waals surface area (Å²) in [5, 5.41) is 2.67. The van der Waals surface area contributed by atoms with Gasteiger partial charge >= 0.3 is 0 Å². The van der Waals surface area contributed by atoms with Crippen LogP contribution in [0.15, 0.2) is 60.7 Å². The molecule has 2 saturated heterocycles. The highest BCUT2D eigenvalue weighted by molar-refractivity contribution is 6.99. The third-order valence-corrected chi connectivity index (χ3v) is 10.7. The second kappa shape index (κ2) is 7.51. The van der Waals surface area contributed by atoms with Crippen LogP contribution in [-0.4, -0.2) is 39.8 Å². The van der Waals surface area contributed by atoms with Crippen LogP contribution < -0.4 is 10.4 Å². The molecule has 2 fully saturated rings. The fourth-order valence-electron chi connectivity index (χ4n) is 4.13. The normalized spacial score (nSPS) is 24.6. The number of hydrogen-bond donors (Lipinski definition) is 0. The van der Waals surface area contributed by atoms with E-state index in [2.05, 4.69) is 81.4 Å². The lowest BCUT2D eigenvalue weighted by Gasteiger charge is -2.43. The van der Waals surface area contributed by atoms with Crippen LogP contribution in [0.4, 0.5) is 0 Å². The summed E-state index contributed by atoms with van der Waals surface area (Å²) in [6.07, 6.45) is 3.24. The summed E-state index contributed by atoms with van der Waals surface area (Å²) in [7, 11) is -2.44. The van der Waals surface area contributed by atoms with Gasteiger partial charge in [-0.2, -0.15) is 0 Å². The SMILES string of the molecule is CC(C)(C)[Si](OC[C@H]1O[C@H]1CC[C@@H]1CO1)(c1ccccc1)c1ccccc1. The van der Waals surface area contributed by atoms with E-state index < -0.39 is 8.32 Å². The third kappa shape index (κ3) is 4.04. The fourth-order valence-corrected chi connectivity index (χ4v) is 8.70. The van der Waals surface area contributed by atoms with Crippen molar-refractivity contribution in [1.29, 1.82) is 0 Å². The predicted molar refractivity (Wildman–Crippen MR) is 111 cm³/mol. The summed E-state index contributed by atoms with van der Waals surface area (Å²) >= 11 is 0. The van der Waals surface area contributed by atoms with E-state index in [1.54, 1.807) is 0 Å². The van der Waals surface area contributed by atoms with Gasteiger partial charge in [0, 0.05) is 0 Å². The molecule has 144 valence electrons. The first-order valence-corrected chi connectivity index (χ1v) is 11.9.